The minimum Gasteiger partial charge on any atom is -0.378 e. The highest BCUT2D eigenvalue weighted by molar-refractivity contribution is 5.78. The Labute approximate surface area is 168 Å². The molecule has 0 saturated carbocycles. The van der Waals surface area contributed by atoms with Gasteiger partial charge in [0.15, 0.2) is 0 Å². The molecule has 1 amide bonds. The fraction of sp³-hybridized carbons (Fsp3) is 0.455. The molecular formula is C22H31N5O. The van der Waals surface area contributed by atoms with Crippen LogP contribution in [0.4, 0.5) is 5.69 Å². The number of likely N-dealkylation sites (N-methyl/N-ethyl adjacent to an activating group) is 1. The van der Waals surface area contributed by atoms with E-state index < -0.39 is 0 Å². The lowest BCUT2D eigenvalue weighted by molar-refractivity contribution is -0.132. The van der Waals surface area contributed by atoms with Crippen LogP contribution in [0.3, 0.4) is 0 Å². The molecule has 2 heterocycles. The van der Waals surface area contributed by atoms with Gasteiger partial charge in [0.1, 0.15) is 0 Å². The molecule has 3 rings (SSSR count). The van der Waals surface area contributed by atoms with Gasteiger partial charge in [-0.3, -0.25) is 19.6 Å². The highest BCUT2D eigenvalue weighted by Crippen LogP contribution is 2.14. The number of nitrogens with zero attached hydrogens (tertiary/aromatic N) is 5. The zero-order valence-electron chi connectivity index (χ0n) is 17.2. The van der Waals surface area contributed by atoms with Crippen molar-refractivity contribution in [2.75, 3.05) is 58.8 Å². The molecule has 6 nitrogen and oxygen atoms in total. The smallest absolute Gasteiger partial charge is 0.236 e. The summed E-state index contributed by atoms with van der Waals surface area (Å²) in [7, 11) is 5.95. The van der Waals surface area contributed by atoms with Gasteiger partial charge in [-0.15, -0.1) is 0 Å². The Kier molecular flexibility index (Phi) is 7.01. The number of carbonyl (C=O) groups excluding carboxylic acids is 1. The first kappa shape index (κ1) is 20.3. The zero-order valence-corrected chi connectivity index (χ0v) is 17.2. The van der Waals surface area contributed by atoms with Crippen LogP contribution in [-0.4, -0.2) is 79.5 Å². The van der Waals surface area contributed by atoms with Crippen molar-refractivity contribution in [3.8, 4) is 0 Å². The summed E-state index contributed by atoms with van der Waals surface area (Å²) in [5.74, 6) is 0.176. The van der Waals surface area contributed by atoms with E-state index in [1.165, 1.54) is 5.69 Å². The number of pyridine rings is 1. The molecule has 1 aliphatic heterocycles. The molecule has 0 spiro atoms. The van der Waals surface area contributed by atoms with Gasteiger partial charge in [-0.1, -0.05) is 18.2 Å². The molecule has 1 aromatic heterocycles. The van der Waals surface area contributed by atoms with Crippen LogP contribution in [0.15, 0.2) is 48.7 Å². The molecule has 1 fully saturated rings. The van der Waals surface area contributed by atoms with Gasteiger partial charge in [0.05, 0.1) is 12.2 Å². The molecule has 1 aliphatic rings. The lowest BCUT2D eigenvalue weighted by Gasteiger charge is -2.34. The summed E-state index contributed by atoms with van der Waals surface area (Å²) in [6.45, 7) is 5.80. The minimum absolute atomic E-state index is 0.176. The SMILES string of the molecule is CN(Cc1ccc(N(C)C)cc1)C(=O)CN1CCN(Cc2ccccn2)CC1. The summed E-state index contributed by atoms with van der Waals surface area (Å²) in [6.07, 6.45) is 1.84. The third-order valence-corrected chi connectivity index (χ3v) is 5.23. The number of piperazine rings is 1. The maximum atomic E-state index is 12.6. The standard InChI is InChI=1S/C22H31N5O/c1-24(2)21-9-7-19(8-10-21)16-25(3)22(28)18-27-14-12-26(13-15-27)17-20-6-4-5-11-23-20/h4-11H,12-18H2,1-3H3. The zero-order chi connectivity index (χ0) is 19.9. The molecule has 150 valence electrons. The molecule has 6 heteroatoms. The van der Waals surface area contributed by atoms with E-state index in [0.29, 0.717) is 13.1 Å². The molecule has 2 aromatic rings. The largest absolute Gasteiger partial charge is 0.378 e. The fourth-order valence-corrected chi connectivity index (χ4v) is 3.40. The van der Waals surface area contributed by atoms with Gasteiger partial charge >= 0.3 is 0 Å². The van der Waals surface area contributed by atoms with Crippen molar-refractivity contribution in [1.29, 1.82) is 0 Å². The fourth-order valence-electron chi connectivity index (χ4n) is 3.40. The lowest BCUT2D eigenvalue weighted by Crippen LogP contribution is -2.49. The van der Waals surface area contributed by atoms with E-state index in [-0.39, 0.29) is 5.91 Å². The van der Waals surface area contributed by atoms with Crippen LogP contribution in [0.1, 0.15) is 11.3 Å². The molecule has 0 unspecified atom stereocenters. The molecule has 0 N–H and O–H groups in total. The maximum absolute atomic E-state index is 12.6. The first-order valence-electron chi connectivity index (χ1n) is 9.86. The number of benzene rings is 1. The summed E-state index contributed by atoms with van der Waals surface area (Å²) in [5.41, 5.74) is 3.43. The number of hydrogen-bond acceptors (Lipinski definition) is 5. The van der Waals surface area contributed by atoms with Crippen LogP contribution in [0.25, 0.3) is 0 Å². The van der Waals surface area contributed by atoms with Crippen LogP contribution in [0.2, 0.25) is 0 Å². The highest BCUT2D eigenvalue weighted by atomic mass is 16.2. The topological polar surface area (TPSA) is 42.9 Å². The number of anilines is 1. The number of aromatic nitrogens is 1. The molecule has 0 aliphatic carbocycles. The molecule has 0 atom stereocenters. The normalized spacial score (nSPS) is 15.4. The maximum Gasteiger partial charge on any atom is 0.236 e. The third kappa shape index (κ3) is 5.78. The van der Waals surface area contributed by atoms with E-state index in [1.54, 1.807) is 0 Å². The molecule has 1 aromatic carbocycles. The van der Waals surface area contributed by atoms with Crippen molar-refractivity contribution < 1.29 is 4.79 Å². The van der Waals surface area contributed by atoms with Crippen molar-refractivity contribution in [1.82, 2.24) is 19.7 Å². The number of carbonyl (C=O) groups is 1. The van der Waals surface area contributed by atoms with E-state index in [4.69, 9.17) is 0 Å². The van der Waals surface area contributed by atoms with Gasteiger partial charge in [-0.2, -0.15) is 0 Å². The Hall–Kier alpha value is -2.44. The predicted molar refractivity (Wildman–Crippen MR) is 113 cm³/mol. The minimum atomic E-state index is 0.176. The Morgan fingerprint density at radius 3 is 2.25 bits per heavy atom. The second-order valence-corrected chi connectivity index (χ2v) is 7.68. The Morgan fingerprint density at radius 1 is 0.964 bits per heavy atom. The monoisotopic (exact) mass is 381 g/mol. The van der Waals surface area contributed by atoms with Crippen LogP contribution in [-0.2, 0) is 17.9 Å². The Bertz CT molecular complexity index is 739. The quantitative estimate of drug-likeness (QED) is 0.733. The lowest BCUT2D eigenvalue weighted by atomic mass is 10.2. The summed E-state index contributed by atoms with van der Waals surface area (Å²) in [5, 5.41) is 0. The molecule has 0 radical (unpaired) electrons. The van der Waals surface area contributed by atoms with E-state index in [9.17, 15) is 4.79 Å². The molecule has 28 heavy (non-hydrogen) atoms. The first-order valence-corrected chi connectivity index (χ1v) is 9.86. The van der Waals surface area contributed by atoms with Crippen LogP contribution in [0, 0.1) is 0 Å². The van der Waals surface area contributed by atoms with Crippen LogP contribution < -0.4 is 4.90 Å². The Balaban J connectivity index is 1.42. The predicted octanol–water partition coefficient (Wildman–Crippen LogP) is 1.92. The van der Waals surface area contributed by atoms with Gasteiger partial charge in [-0.05, 0) is 29.8 Å². The number of rotatable bonds is 7. The van der Waals surface area contributed by atoms with Crippen LogP contribution >= 0.6 is 0 Å². The van der Waals surface area contributed by atoms with E-state index in [2.05, 4.69) is 50.0 Å². The number of hydrogen-bond donors (Lipinski definition) is 0. The summed E-state index contributed by atoms with van der Waals surface area (Å²) in [6, 6.07) is 14.4. The van der Waals surface area contributed by atoms with Crippen molar-refractivity contribution in [2.45, 2.75) is 13.1 Å². The summed E-state index contributed by atoms with van der Waals surface area (Å²) >= 11 is 0. The molecular weight excluding hydrogens is 350 g/mol. The van der Waals surface area contributed by atoms with E-state index >= 15 is 0 Å². The second-order valence-electron chi connectivity index (χ2n) is 7.68. The summed E-state index contributed by atoms with van der Waals surface area (Å²) in [4.78, 5) is 25.6. The number of amides is 1. The Morgan fingerprint density at radius 2 is 1.64 bits per heavy atom. The molecule has 1 saturated heterocycles. The molecule has 0 bridgehead atoms. The van der Waals surface area contributed by atoms with Gasteiger partial charge in [-0.25, -0.2) is 0 Å². The van der Waals surface area contributed by atoms with Gasteiger partial charge < -0.3 is 9.80 Å². The van der Waals surface area contributed by atoms with Gasteiger partial charge in [0.25, 0.3) is 0 Å². The van der Waals surface area contributed by atoms with Crippen LogP contribution in [0.5, 0.6) is 0 Å². The average Bonchev–Trinajstić information content (AvgIpc) is 2.70. The van der Waals surface area contributed by atoms with E-state index in [0.717, 1.165) is 44.0 Å². The van der Waals surface area contributed by atoms with Crippen molar-refractivity contribution >= 4 is 11.6 Å². The second kappa shape index (κ2) is 9.66. The van der Waals surface area contributed by atoms with Gasteiger partial charge in [0, 0.05) is 72.3 Å². The van der Waals surface area contributed by atoms with Crippen molar-refractivity contribution in [3.05, 3.63) is 59.9 Å². The average molecular weight is 382 g/mol. The third-order valence-electron chi connectivity index (χ3n) is 5.23. The summed E-state index contributed by atoms with van der Waals surface area (Å²) < 4.78 is 0. The first-order chi connectivity index (χ1) is 13.5. The van der Waals surface area contributed by atoms with Crippen molar-refractivity contribution in [2.24, 2.45) is 0 Å². The highest BCUT2D eigenvalue weighted by Gasteiger charge is 2.20. The van der Waals surface area contributed by atoms with Gasteiger partial charge in [0.2, 0.25) is 5.91 Å². The van der Waals surface area contributed by atoms with E-state index in [1.807, 2.05) is 44.4 Å². The van der Waals surface area contributed by atoms with Crippen molar-refractivity contribution in [3.63, 3.8) is 0 Å².